The number of piperidine rings is 1. The molecule has 1 aromatic heterocycles. The molecule has 5 heteroatoms. The number of aliphatic carboxylic acids is 1. The summed E-state index contributed by atoms with van der Waals surface area (Å²) in [5.74, 6) is 0.535. The van der Waals surface area contributed by atoms with E-state index in [4.69, 9.17) is 0 Å². The number of aromatic nitrogens is 2. The van der Waals surface area contributed by atoms with Crippen molar-refractivity contribution in [3.63, 3.8) is 0 Å². The monoisotopic (exact) mass is 277 g/mol. The Hall–Kier alpha value is -1.65. The second-order valence-electron chi connectivity index (χ2n) is 5.92. The van der Waals surface area contributed by atoms with Gasteiger partial charge in [-0.2, -0.15) is 0 Å². The van der Waals surface area contributed by atoms with Crippen molar-refractivity contribution in [2.24, 2.45) is 5.41 Å². The van der Waals surface area contributed by atoms with Gasteiger partial charge >= 0.3 is 5.97 Å². The predicted molar refractivity (Wildman–Crippen MR) is 77.9 cm³/mol. The van der Waals surface area contributed by atoms with Gasteiger partial charge in [-0.25, -0.2) is 9.97 Å². The highest BCUT2D eigenvalue weighted by Gasteiger charge is 2.41. The van der Waals surface area contributed by atoms with E-state index < -0.39 is 11.4 Å². The summed E-state index contributed by atoms with van der Waals surface area (Å²) in [6, 6.07) is 0. The van der Waals surface area contributed by atoms with Crippen molar-refractivity contribution in [1.29, 1.82) is 0 Å². The lowest BCUT2D eigenvalue weighted by Gasteiger charge is -2.40. The molecule has 0 aromatic carbocycles. The van der Waals surface area contributed by atoms with Crippen LogP contribution in [0, 0.1) is 5.41 Å². The second-order valence-corrected chi connectivity index (χ2v) is 5.92. The van der Waals surface area contributed by atoms with E-state index in [0.717, 1.165) is 30.8 Å². The maximum absolute atomic E-state index is 11.6. The van der Waals surface area contributed by atoms with Crippen molar-refractivity contribution in [2.75, 3.05) is 18.0 Å². The first-order valence-corrected chi connectivity index (χ1v) is 7.28. The van der Waals surface area contributed by atoms with Gasteiger partial charge in [0, 0.05) is 24.8 Å². The van der Waals surface area contributed by atoms with Gasteiger partial charge in [-0.1, -0.05) is 20.8 Å². The normalized spacial score (nSPS) is 23.1. The molecule has 1 saturated heterocycles. The predicted octanol–water partition coefficient (Wildman–Crippen LogP) is 2.68. The van der Waals surface area contributed by atoms with E-state index in [0.29, 0.717) is 18.9 Å². The van der Waals surface area contributed by atoms with Gasteiger partial charge in [-0.05, 0) is 25.2 Å². The topological polar surface area (TPSA) is 66.3 Å². The van der Waals surface area contributed by atoms with Gasteiger partial charge in [-0.3, -0.25) is 4.79 Å². The zero-order valence-corrected chi connectivity index (χ0v) is 12.5. The molecule has 0 saturated carbocycles. The van der Waals surface area contributed by atoms with Crippen LogP contribution in [0.5, 0.6) is 0 Å². The lowest BCUT2D eigenvalue weighted by Crippen LogP contribution is -2.48. The number of rotatable bonds is 4. The lowest BCUT2D eigenvalue weighted by atomic mass is 9.77. The Morgan fingerprint density at radius 1 is 1.55 bits per heavy atom. The minimum Gasteiger partial charge on any atom is -0.481 e. The molecule has 5 nitrogen and oxygen atoms in total. The number of nitrogens with zero attached hydrogens (tertiary/aromatic N) is 3. The third-order valence-corrected chi connectivity index (χ3v) is 4.35. The van der Waals surface area contributed by atoms with Crippen molar-refractivity contribution < 1.29 is 9.90 Å². The lowest BCUT2D eigenvalue weighted by molar-refractivity contribution is -0.149. The molecular weight excluding hydrogens is 254 g/mol. The summed E-state index contributed by atoms with van der Waals surface area (Å²) in [6.45, 7) is 7.58. The SMILES string of the molecule is CC[C@]1(C(=O)O)CCCN(c2ncncc2C(C)C)C1. The van der Waals surface area contributed by atoms with Crippen LogP contribution < -0.4 is 4.90 Å². The highest BCUT2D eigenvalue weighted by molar-refractivity contribution is 5.76. The number of hydrogen-bond acceptors (Lipinski definition) is 4. The van der Waals surface area contributed by atoms with Gasteiger partial charge < -0.3 is 10.0 Å². The fraction of sp³-hybridized carbons (Fsp3) is 0.667. The summed E-state index contributed by atoms with van der Waals surface area (Å²) in [7, 11) is 0. The van der Waals surface area contributed by atoms with Crippen LogP contribution in [-0.2, 0) is 4.79 Å². The Morgan fingerprint density at radius 2 is 2.30 bits per heavy atom. The molecule has 0 aliphatic carbocycles. The van der Waals surface area contributed by atoms with Crippen LogP contribution in [0.4, 0.5) is 5.82 Å². The molecule has 1 fully saturated rings. The van der Waals surface area contributed by atoms with Gasteiger partial charge in [-0.15, -0.1) is 0 Å². The van der Waals surface area contributed by atoms with Crippen molar-refractivity contribution >= 4 is 11.8 Å². The summed E-state index contributed by atoms with van der Waals surface area (Å²) in [4.78, 5) is 22.3. The van der Waals surface area contributed by atoms with E-state index in [9.17, 15) is 9.90 Å². The van der Waals surface area contributed by atoms with Crippen molar-refractivity contribution in [3.05, 3.63) is 18.1 Å². The molecule has 0 amide bonds. The first kappa shape index (κ1) is 14.8. The van der Waals surface area contributed by atoms with E-state index in [1.54, 1.807) is 6.33 Å². The molecule has 20 heavy (non-hydrogen) atoms. The highest BCUT2D eigenvalue weighted by atomic mass is 16.4. The van der Waals surface area contributed by atoms with Crippen LogP contribution in [0.25, 0.3) is 0 Å². The minimum absolute atomic E-state index is 0.328. The van der Waals surface area contributed by atoms with E-state index in [2.05, 4.69) is 28.7 Å². The van der Waals surface area contributed by atoms with Gasteiger partial charge in [0.15, 0.2) is 0 Å². The quantitative estimate of drug-likeness (QED) is 0.916. The molecule has 110 valence electrons. The minimum atomic E-state index is -0.690. The smallest absolute Gasteiger partial charge is 0.311 e. The van der Waals surface area contributed by atoms with Crippen LogP contribution in [0.3, 0.4) is 0 Å². The summed E-state index contributed by atoms with van der Waals surface area (Å²) in [5.41, 5.74) is 0.446. The molecule has 1 aromatic rings. The number of carboxylic acids is 1. The van der Waals surface area contributed by atoms with Gasteiger partial charge in [0.25, 0.3) is 0 Å². The Balaban J connectivity index is 2.32. The average molecular weight is 277 g/mol. The van der Waals surface area contributed by atoms with Gasteiger partial charge in [0.1, 0.15) is 12.1 Å². The standard InChI is InChI=1S/C15H23N3O2/c1-4-15(14(19)20)6-5-7-18(9-15)13-12(11(2)3)8-16-10-17-13/h8,10-11H,4-7,9H2,1-3H3,(H,19,20)/t15-/m0/s1. The molecule has 0 spiro atoms. The van der Waals surface area contributed by atoms with Crippen LogP contribution in [0.2, 0.25) is 0 Å². The average Bonchev–Trinajstić information content (AvgIpc) is 2.47. The van der Waals surface area contributed by atoms with Crippen molar-refractivity contribution in [2.45, 2.75) is 46.0 Å². The molecule has 1 aliphatic heterocycles. The Kier molecular flexibility index (Phi) is 4.26. The maximum Gasteiger partial charge on any atom is 0.311 e. The zero-order valence-electron chi connectivity index (χ0n) is 12.5. The molecule has 0 unspecified atom stereocenters. The second kappa shape index (κ2) is 5.77. The number of carboxylic acid groups (broad SMARTS) is 1. The fourth-order valence-corrected chi connectivity index (χ4v) is 2.93. The Labute approximate surface area is 120 Å². The molecule has 1 atom stereocenters. The summed E-state index contributed by atoms with van der Waals surface area (Å²) in [5, 5.41) is 9.57. The van der Waals surface area contributed by atoms with Gasteiger partial charge in [0.2, 0.25) is 0 Å². The summed E-state index contributed by atoms with van der Waals surface area (Å²) >= 11 is 0. The zero-order chi connectivity index (χ0) is 14.8. The van der Waals surface area contributed by atoms with Crippen LogP contribution in [0.15, 0.2) is 12.5 Å². The molecule has 2 rings (SSSR count). The Bertz CT molecular complexity index is 490. The fourth-order valence-electron chi connectivity index (χ4n) is 2.93. The summed E-state index contributed by atoms with van der Waals surface area (Å²) < 4.78 is 0. The first-order valence-electron chi connectivity index (χ1n) is 7.28. The van der Waals surface area contributed by atoms with Crippen LogP contribution >= 0.6 is 0 Å². The third kappa shape index (κ3) is 2.62. The molecule has 0 bridgehead atoms. The Morgan fingerprint density at radius 3 is 2.90 bits per heavy atom. The van der Waals surface area contributed by atoms with Crippen molar-refractivity contribution in [3.8, 4) is 0 Å². The molecule has 1 aliphatic rings. The molecule has 0 radical (unpaired) electrons. The molecule has 2 heterocycles. The number of carbonyl (C=O) groups is 1. The van der Waals surface area contributed by atoms with E-state index in [1.165, 1.54) is 0 Å². The van der Waals surface area contributed by atoms with Crippen LogP contribution in [-0.4, -0.2) is 34.1 Å². The summed E-state index contributed by atoms with van der Waals surface area (Å²) in [6.07, 6.45) is 5.68. The third-order valence-electron chi connectivity index (χ3n) is 4.35. The van der Waals surface area contributed by atoms with Crippen molar-refractivity contribution in [1.82, 2.24) is 9.97 Å². The number of anilines is 1. The van der Waals surface area contributed by atoms with E-state index in [-0.39, 0.29) is 0 Å². The van der Waals surface area contributed by atoms with Crippen LogP contribution in [0.1, 0.15) is 51.5 Å². The maximum atomic E-state index is 11.6. The van der Waals surface area contributed by atoms with E-state index >= 15 is 0 Å². The highest BCUT2D eigenvalue weighted by Crippen LogP contribution is 2.37. The molecule has 1 N–H and O–H groups in total. The first-order chi connectivity index (χ1) is 9.50. The number of hydrogen-bond donors (Lipinski definition) is 1. The largest absolute Gasteiger partial charge is 0.481 e. The van der Waals surface area contributed by atoms with E-state index in [1.807, 2.05) is 13.1 Å². The molecular formula is C15H23N3O2. The van der Waals surface area contributed by atoms with Gasteiger partial charge in [0.05, 0.1) is 5.41 Å².